The quantitative estimate of drug-likeness (QED) is 0.571. The number of anilines is 1. The second-order valence-electron chi connectivity index (χ2n) is 2.45. The van der Waals surface area contributed by atoms with E-state index < -0.39 is 0 Å². The minimum absolute atomic E-state index is 0. The molecular formula is C9H12NY-. The van der Waals surface area contributed by atoms with Crippen LogP contribution in [0, 0.1) is 13.0 Å². The average molecular weight is 223 g/mol. The van der Waals surface area contributed by atoms with E-state index in [1.807, 2.05) is 12.1 Å². The van der Waals surface area contributed by atoms with Crippen molar-refractivity contribution in [1.29, 1.82) is 0 Å². The van der Waals surface area contributed by atoms with Crippen LogP contribution in [0.4, 0.5) is 5.69 Å². The molecule has 1 rings (SSSR count). The van der Waals surface area contributed by atoms with Crippen LogP contribution in [0.5, 0.6) is 0 Å². The summed E-state index contributed by atoms with van der Waals surface area (Å²) < 4.78 is 0. The Labute approximate surface area is 93.2 Å². The Morgan fingerprint density at radius 3 is 2.64 bits per heavy atom. The third-order valence-electron chi connectivity index (χ3n) is 1.67. The van der Waals surface area contributed by atoms with Gasteiger partial charge in [-0.2, -0.15) is 23.3 Å². The van der Waals surface area contributed by atoms with Gasteiger partial charge in [-0.3, -0.25) is 0 Å². The van der Waals surface area contributed by atoms with E-state index in [9.17, 15) is 0 Å². The second-order valence-corrected chi connectivity index (χ2v) is 2.45. The van der Waals surface area contributed by atoms with Crippen LogP contribution in [-0.2, 0) is 39.1 Å². The molecule has 57 valence electrons. The Morgan fingerprint density at radius 2 is 2.18 bits per heavy atom. The predicted molar refractivity (Wildman–Crippen MR) is 43.8 cm³/mol. The maximum atomic E-state index is 5.53. The van der Waals surface area contributed by atoms with Gasteiger partial charge in [0.2, 0.25) is 0 Å². The van der Waals surface area contributed by atoms with Crippen molar-refractivity contribution in [2.75, 3.05) is 5.73 Å². The molecule has 0 fully saturated rings. The van der Waals surface area contributed by atoms with Gasteiger partial charge in [0.15, 0.2) is 0 Å². The van der Waals surface area contributed by atoms with Gasteiger partial charge in [-0.1, -0.05) is 26.0 Å². The fraction of sp³-hybridized carbons (Fsp3) is 0.333. The topological polar surface area (TPSA) is 26.0 Å². The monoisotopic (exact) mass is 223 g/mol. The number of aryl methyl sites for hydroxylation is 2. The van der Waals surface area contributed by atoms with Gasteiger partial charge in [-0.05, 0) is 0 Å². The van der Waals surface area contributed by atoms with Crippen LogP contribution in [0.25, 0.3) is 0 Å². The van der Waals surface area contributed by atoms with Crippen molar-refractivity contribution >= 4 is 5.69 Å². The van der Waals surface area contributed by atoms with E-state index >= 15 is 0 Å². The van der Waals surface area contributed by atoms with E-state index in [-0.39, 0.29) is 32.7 Å². The van der Waals surface area contributed by atoms with Gasteiger partial charge < -0.3 is 5.73 Å². The largest absolute Gasteiger partial charge is 0.420 e. The summed E-state index contributed by atoms with van der Waals surface area (Å²) >= 11 is 0. The van der Waals surface area contributed by atoms with E-state index in [0.29, 0.717) is 0 Å². The Hall–Kier alpha value is 0.124. The van der Waals surface area contributed by atoms with Crippen LogP contribution in [-0.4, -0.2) is 0 Å². The summed E-state index contributed by atoms with van der Waals surface area (Å²) in [6, 6.07) is 6.89. The Balaban J connectivity index is 0.000001000. The standard InChI is InChI=1S/C9H12N.Y/c1-3-8-4-5-9(10)6-7(8)2;/h4,6H,3,10H2,1-2H3;/q-1;. The van der Waals surface area contributed by atoms with Crippen LogP contribution >= 0.6 is 0 Å². The summed E-state index contributed by atoms with van der Waals surface area (Å²) in [7, 11) is 0. The Morgan fingerprint density at radius 1 is 1.55 bits per heavy atom. The van der Waals surface area contributed by atoms with Crippen molar-refractivity contribution < 1.29 is 32.7 Å². The van der Waals surface area contributed by atoms with E-state index in [0.717, 1.165) is 12.1 Å². The SMILES string of the molecule is CCc1c[c-]c(N)cc1C.[Y]. The summed E-state index contributed by atoms with van der Waals surface area (Å²) in [5.74, 6) is 0. The van der Waals surface area contributed by atoms with Crippen LogP contribution in [0.2, 0.25) is 0 Å². The van der Waals surface area contributed by atoms with E-state index in [1.54, 1.807) is 0 Å². The molecule has 11 heavy (non-hydrogen) atoms. The molecule has 0 saturated heterocycles. The number of hydrogen-bond donors (Lipinski definition) is 1. The smallest absolute Gasteiger partial charge is 0 e. The molecule has 0 aliphatic rings. The fourth-order valence-electron chi connectivity index (χ4n) is 1.03. The third-order valence-corrected chi connectivity index (χ3v) is 1.67. The fourth-order valence-corrected chi connectivity index (χ4v) is 1.03. The molecule has 2 heteroatoms. The molecule has 0 bridgehead atoms. The zero-order valence-corrected chi connectivity index (χ0v) is 9.85. The van der Waals surface area contributed by atoms with Crippen molar-refractivity contribution in [1.82, 2.24) is 0 Å². The minimum atomic E-state index is 0. The van der Waals surface area contributed by atoms with Crippen molar-refractivity contribution in [3.05, 3.63) is 29.3 Å². The van der Waals surface area contributed by atoms with Gasteiger partial charge in [-0.25, -0.2) is 0 Å². The number of nitrogen functional groups attached to an aromatic ring is 1. The molecule has 1 radical (unpaired) electrons. The second kappa shape index (κ2) is 4.89. The Kier molecular flexibility index (Phi) is 4.95. The first-order valence-corrected chi connectivity index (χ1v) is 3.50. The summed E-state index contributed by atoms with van der Waals surface area (Å²) in [6.45, 7) is 4.20. The number of nitrogens with two attached hydrogens (primary N) is 1. The molecule has 0 saturated carbocycles. The van der Waals surface area contributed by atoms with E-state index in [1.165, 1.54) is 11.1 Å². The predicted octanol–water partition coefficient (Wildman–Crippen LogP) is 1.94. The van der Waals surface area contributed by atoms with E-state index in [2.05, 4.69) is 19.9 Å². The molecule has 0 aliphatic heterocycles. The van der Waals surface area contributed by atoms with Crippen molar-refractivity contribution in [2.45, 2.75) is 20.3 Å². The minimum Gasteiger partial charge on any atom is -0.420 e. The zero-order valence-electron chi connectivity index (χ0n) is 7.02. The summed E-state index contributed by atoms with van der Waals surface area (Å²) in [5, 5.41) is 0. The van der Waals surface area contributed by atoms with Gasteiger partial charge in [0, 0.05) is 32.7 Å². The molecule has 1 aromatic rings. The molecule has 2 N–H and O–H groups in total. The molecule has 0 unspecified atom stereocenters. The Bertz CT molecular complexity index is 233. The molecule has 0 amide bonds. The summed E-state index contributed by atoms with van der Waals surface area (Å²) in [5.41, 5.74) is 8.85. The molecule has 0 aromatic heterocycles. The van der Waals surface area contributed by atoms with Crippen molar-refractivity contribution in [3.63, 3.8) is 0 Å². The maximum Gasteiger partial charge on any atom is 0 e. The van der Waals surface area contributed by atoms with Gasteiger partial charge in [0.1, 0.15) is 0 Å². The number of hydrogen-bond acceptors (Lipinski definition) is 1. The third kappa shape index (κ3) is 2.92. The molecular weight excluding hydrogens is 211 g/mol. The van der Waals surface area contributed by atoms with Gasteiger partial charge in [0.25, 0.3) is 0 Å². The average Bonchev–Trinajstić information content (AvgIpc) is 1.88. The maximum absolute atomic E-state index is 5.53. The molecule has 0 atom stereocenters. The van der Waals surface area contributed by atoms with Crippen molar-refractivity contribution in [3.8, 4) is 0 Å². The number of benzene rings is 1. The first-order valence-electron chi connectivity index (χ1n) is 3.50. The first-order chi connectivity index (χ1) is 4.74. The molecule has 0 aliphatic carbocycles. The first kappa shape index (κ1) is 11.1. The van der Waals surface area contributed by atoms with Crippen LogP contribution in [0.3, 0.4) is 0 Å². The number of rotatable bonds is 1. The van der Waals surface area contributed by atoms with Crippen LogP contribution in [0.15, 0.2) is 12.1 Å². The van der Waals surface area contributed by atoms with Crippen LogP contribution in [0.1, 0.15) is 18.1 Å². The molecule has 0 heterocycles. The van der Waals surface area contributed by atoms with E-state index in [4.69, 9.17) is 5.73 Å². The van der Waals surface area contributed by atoms with Gasteiger partial charge in [0.05, 0.1) is 0 Å². The van der Waals surface area contributed by atoms with Crippen LogP contribution < -0.4 is 5.73 Å². The molecule has 1 nitrogen and oxygen atoms in total. The van der Waals surface area contributed by atoms with Gasteiger partial charge >= 0.3 is 0 Å². The van der Waals surface area contributed by atoms with Crippen molar-refractivity contribution in [2.24, 2.45) is 0 Å². The molecule has 1 aromatic carbocycles. The normalized spacial score (nSPS) is 8.91. The van der Waals surface area contributed by atoms with Gasteiger partial charge in [-0.15, -0.1) is 6.07 Å². The summed E-state index contributed by atoms with van der Waals surface area (Å²) in [4.78, 5) is 0. The molecule has 0 spiro atoms. The zero-order chi connectivity index (χ0) is 7.56. The summed E-state index contributed by atoms with van der Waals surface area (Å²) in [6.07, 6.45) is 1.06.